The van der Waals surface area contributed by atoms with Gasteiger partial charge in [-0.15, -0.1) is 0 Å². The van der Waals surface area contributed by atoms with Crippen molar-refractivity contribution >= 4 is 32.7 Å². The van der Waals surface area contributed by atoms with Crippen LogP contribution in [0.3, 0.4) is 0 Å². The molecule has 0 atom stereocenters. The molecule has 0 aliphatic carbocycles. The molecule has 0 amide bonds. The highest BCUT2D eigenvalue weighted by atomic mass is 79.9. The van der Waals surface area contributed by atoms with Gasteiger partial charge in [0, 0.05) is 12.1 Å². The summed E-state index contributed by atoms with van der Waals surface area (Å²) in [4.78, 5) is 4.61. The van der Waals surface area contributed by atoms with Crippen molar-refractivity contribution in [3.8, 4) is 5.69 Å². The molecule has 0 unspecified atom stereocenters. The summed E-state index contributed by atoms with van der Waals surface area (Å²) in [7, 11) is 0. The van der Waals surface area contributed by atoms with E-state index >= 15 is 0 Å². The zero-order chi connectivity index (χ0) is 15.1. The zero-order valence-electron chi connectivity index (χ0n) is 11.8. The summed E-state index contributed by atoms with van der Waals surface area (Å²) in [6, 6.07) is 8.93. The number of fused-ring (bicyclic) bond motifs is 1. The fraction of sp³-hybridized carbons (Fsp3) is 0.188. The van der Waals surface area contributed by atoms with Gasteiger partial charge in [0.25, 0.3) is 0 Å². The Morgan fingerprint density at radius 1 is 1.29 bits per heavy atom. The minimum Gasteiger partial charge on any atom is -0.399 e. The summed E-state index contributed by atoms with van der Waals surface area (Å²) in [5.74, 6) is 0.607. The molecule has 0 aliphatic rings. The number of halogens is 2. The second kappa shape index (κ2) is 5.15. The van der Waals surface area contributed by atoms with Crippen LogP contribution in [0.4, 0.5) is 10.1 Å². The fourth-order valence-electron chi connectivity index (χ4n) is 2.53. The van der Waals surface area contributed by atoms with E-state index in [9.17, 15) is 4.39 Å². The Hall–Kier alpha value is -1.88. The Morgan fingerprint density at radius 2 is 2.05 bits per heavy atom. The number of aryl methyl sites for hydroxylation is 2. The van der Waals surface area contributed by atoms with Crippen LogP contribution < -0.4 is 5.73 Å². The molecule has 0 aliphatic heterocycles. The smallest absolute Gasteiger partial charge is 0.139 e. The molecule has 0 bridgehead atoms. The molecule has 108 valence electrons. The summed E-state index contributed by atoms with van der Waals surface area (Å²) < 4.78 is 16.4. The van der Waals surface area contributed by atoms with Gasteiger partial charge in [-0.25, -0.2) is 9.37 Å². The summed E-state index contributed by atoms with van der Waals surface area (Å²) in [6.07, 6.45) is 0.756. The van der Waals surface area contributed by atoms with Crippen molar-refractivity contribution in [1.82, 2.24) is 9.55 Å². The SMILES string of the molecule is CCc1nc2cc(N)ccc2n1-c1cc(F)c(Br)cc1C. The number of nitrogen functional groups attached to an aromatic ring is 1. The van der Waals surface area contributed by atoms with E-state index in [1.807, 2.05) is 36.6 Å². The standard InChI is InChI=1S/C16H15BrFN3/c1-3-16-20-13-7-10(19)4-5-14(13)21(16)15-8-12(18)11(17)6-9(15)2/h4-8H,3,19H2,1-2H3. The number of nitrogens with zero attached hydrogens (tertiary/aromatic N) is 2. The molecule has 3 aromatic rings. The molecule has 1 aromatic heterocycles. The molecule has 1 heterocycles. The van der Waals surface area contributed by atoms with Gasteiger partial charge in [0.1, 0.15) is 11.6 Å². The number of imidazole rings is 1. The van der Waals surface area contributed by atoms with Crippen LogP contribution in [0.25, 0.3) is 16.7 Å². The van der Waals surface area contributed by atoms with E-state index in [1.165, 1.54) is 6.07 Å². The maximum absolute atomic E-state index is 14.0. The molecular formula is C16H15BrFN3. The van der Waals surface area contributed by atoms with E-state index in [0.29, 0.717) is 10.2 Å². The molecule has 2 aromatic carbocycles. The number of anilines is 1. The third kappa shape index (κ3) is 2.31. The van der Waals surface area contributed by atoms with Gasteiger partial charge in [0.05, 0.1) is 21.2 Å². The molecule has 0 radical (unpaired) electrons. The van der Waals surface area contributed by atoms with E-state index in [0.717, 1.165) is 34.5 Å². The average Bonchev–Trinajstić information content (AvgIpc) is 2.80. The largest absolute Gasteiger partial charge is 0.399 e. The second-order valence-electron chi connectivity index (χ2n) is 5.02. The average molecular weight is 348 g/mol. The first-order valence-electron chi connectivity index (χ1n) is 6.74. The predicted molar refractivity (Wildman–Crippen MR) is 87.3 cm³/mol. The highest BCUT2D eigenvalue weighted by Gasteiger charge is 2.15. The van der Waals surface area contributed by atoms with Crippen molar-refractivity contribution in [2.45, 2.75) is 20.3 Å². The van der Waals surface area contributed by atoms with Gasteiger partial charge in [0.15, 0.2) is 0 Å². The Bertz CT molecular complexity index is 839. The van der Waals surface area contributed by atoms with Crippen molar-refractivity contribution in [2.75, 3.05) is 5.73 Å². The Labute approximate surface area is 130 Å². The summed E-state index contributed by atoms with van der Waals surface area (Å²) >= 11 is 3.22. The van der Waals surface area contributed by atoms with Crippen LogP contribution in [0.2, 0.25) is 0 Å². The number of benzene rings is 2. The first-order valence-corrected chi connectivity index (χ1v) is 7.53. The quantitative estimate of drug-likeness (QED) is 0.699. The van der Waals surface area contributed by atoms with Gasteiger partial charge in [-0.2, -0.15) is 0 Å². The lowest BCUT2D eigenvalue weighted by atomic mass is 10.2. The van der Waals surface area contributed by atoms with E-state index in [-0.39, 0.29) is 5.82 Å². The van der Waals surface area contributed by atoms with Crippen LogP contribution in [-0.4, -0.2) is 9.55 Å². The first kappa shape index (κ1) is 14.1. The molecule has 0 saturated carbocycles. The van der Waals surface area contributed by atoms with Crippen LogP contribution in [0.5, 0.6) is 0 Å². The van der Waals surface area contributed by atoms with Crippen LogP contribution in [-0.2, 0) is 6.42 Å². The normalized spacial score (nSPS) is 11.2. The van der Waals surface area contributed by atoms with Crippen molar-refractivity contribution in [2.24, 2.45) is 0 Å². The van der Waals surface area contributed by atoms with Gasteiger partial charge in [-0.3, -0.25) is 4.57 Å². The molecule has 21 heavy (non-hydrogen) atoms. The summed E-state index contributed by atoms with van der Waals surface area (Å²) in [5.41, 5.74) is 10.0. The molecule has 3 rings (SSSR count). The maximum atomic E-state index is 14.0. The summed E-state index contributed by atoms with van der Waals surface area (Å²) in [5, 5.41) is 0. The lowest BCUT2D eigenvalue weighted by molar-refractivity contribution is 0.619. The zero-order valence-corrected chi connectivity index (χ0v) is 13.4. The first-order chi connectivity index (χ1) is 10.0. The lowest BCUT2D eigenvalue weighted by Crippen LogP contribution is -2.03. The number of nitrogens with two attached hydrogens (primary N) is 1. The molecule has 0 spiro atoms. The fourth-order valence-corrected chi connectivity index (χ4v) is 2.99. The third-order valence-corrected chi connectivity index (χ3v) is 4.15. The predicted octanol–water partition coefficient (Wildman–Crippen LogP) is 4.38. The van der Waals surface area contributed by atoms with Gasteiger partial charge in [-0.05, 0) is 58.7 Å². The van der Waals surface area contributed by atoms with Crippen LogP contribution >= 0.6 is 15.9 Å². The van der Waals surface area contributed by atoms with Gasteiger partial charge in [-0.1, -0.05) is 6.92 Å². The third-order valence-electron chi connectivity index (χ3n) is 3.54. The number of hydrogen-bond acceptors (Lipinski definition) is 2. The minimum absolute atomic E-state index is 0.282. The Kier molecular flexibility index (Phi) is 3.45. The molecule has 3 nitrogen and oxygen atoms in total. The van der Waals surface area contributed by atoms with Gasteiger partial charge >= 0.3 is 0 Å². The van der Waals surface area contributed by atoms with Gasteiger partial charge < -0.3 is 5.73 Å². The van der Waals surface area contributed by atoms with Crippen molar-refractivity contribution in [3.05, 3.63) is 52.0 Å². The second-order valence-corrected chi connectivity index (χ2v) is 5.87. The van der Waals surface area contributed by atoms with E-state index in [1.54, 1.807) is 6.07 Å². The van der Waals surface area contributed by atoms with E-state index in [2.05, 4.69) is 20.9 Å². The topological polar surface area (TPSA) is 43.8 Å². The number of aromatic nitrogens is 2. The summed E-state index contributed by atoms with van der Waals surface area (Å²) in [6.45, 7) is 3.99. The monoisotopic (exact) mass is 347 g/mol. The molecule has 2 N–H and O–H groups in total. The van der Waals surface area contributed by atoms with E-state index < -0.39 is 0 Å². The molecule has 0 saturated heterocycles. The highest BCUT2D eigenvalue weighted by molar-refractivity contribution is 9.10. The highest BCUT2D eigenvalue weighted by Crippen LogP contribution is 2.28. The van der Waals surface area contributed by atoms with Crippen molar-refractivity contribution < 1.29 is 4.39 Å². The van der Waals surface area contributed by atoms with Crippen molar-refractivity contribution in [1.29, 1.82) is 0 Å². The van der Waals surface area contributed by atoms with Gasteiger partial charge in [0.2, 0.25) is 0 Å². The van der Waals surface area contributed by atoms with E-state index in [4.69, 9.17) is 5.73 Å². The van der Waals surface area contributed by atoms with Crippen LogP contribution in [0.1, 0.15) is 18.3 Å². The maximum Gasteiger partial charge on any atom is 0.139 e. The minimum atomic E-state index is -0.282. The lowest BCUT2D eigenvalue weighted by Gasteiger charge is -2.12. The Morgan fingerprint density at radius 3 is 2.76 bits per heavy atom. The molecule has 0 fully saturated rings. The molecule has 5 heteroatoms. The Balaban J connectivity index is 2.36. The number of hydrogen-bond donors (Lipinski definition) is 1. The number of rotatable bonds is 2. The van der Waals surface area contributed by atoms with Crippen LogP contribution in [0.15, 0.2) is 34.8 Å². The molecular weight excluding hydrogens is 333 g/mol. The van der Waals surface area contributed by atoms with Crippen molar-refractivity contribution in [3.63, 3.8) is 0 Å². The van der Waals surface area contributed by atoms with Crippen LogP contribution in [0, 0.1) is 12.7 Å².